The molecule has 78 valence electrons. The first kappa shape index (κ1) is 9.93. The monoisotopic (exact) mass is 201 g/mol. The second kappa shape index (κ2) is 4.75. The first-order chi connectivity index (χ1) is 7.40. The highest BCUT2D eigenvalue weighted by Crippen LogP contribution is 2.05. The molecule has 1 N–H and O–H groups in total. The fourth-order valence-corrected chi connectivity index (χ4v) is 1.44. The number of likely N-dealkylation sites (N-methyl/N-ethyl adjacent to an activating group) is 1. The predicted molar refractivity (Wildman–Crippen MR) is 62.8 cm³/mol. The van der Waals surface area contributed by atoms with Crippen LogP contribution in [0.4, 0.5) is 0 Å². The van der Waals surface area contributed by atoms with Gasteiger partial charge in [-0.3, -0.25) is 0 Å². The van der Waals surface area contributed by atoms with E-state index in [0.717, 1.165) is 24.4 Å². The van der Waals surface area contributed by atoms with Gasteiger partial charge in [-0.05, 0) is 24.8 Å². The van der Waals surface area contributed by atoms with Crippen LogP contribution >= 0.6 is 0 Å². The molecule has 0 aliphatic carbocycles. The van der Waals surface area contributed by atoms with Crippen LogP contribution in [0.2, 0.25) is 0 Å². The molecule has 0 radical (unpaired) electrons. The maximum atomic E-state index is 4.46. The second-order valence-corrected chi connectivity index (χ2v) is 3.34. The molecule has 0 spiro atoms. The van der Waals surface area contributed by atoms with E-state index in [4.69, 9.17) is 0 Å². The number of hydrogen-bond donors (Lipinski definition) is 1. The molecule has 2 aromatic heterocycles. The van der Waals surface area contributed by atoms with Crippen LogP contribution in [-0.4, -0.2) is 22.5 Å². The molecule has 0 unspecified atom stereocenters. The van der Waals surface area contributed by atoms with Gasteiger partial charge in [0.25, 0.3) is 0 Å². The van der Waals surface area contributed by atoms with Crippen LogP contribution in [0.15, 0.2) is 36.7 Å². The van der Waals surface area contributed by atoms with Gasteiger partial charge in [-0.1, -0.05) is 19.1 Å². The van der Waals surface area contributed by atoms with Crippen LogP contribution in [-0.2, 0) is 0 Å². The minimum absolute atomic E-state index is 0.893. The zero-order valence-electron chi connectivity index (χ0n) is 8.85. The SMILES string of the molecule is CCNCC=Cc1cn2ccccc2n1. The van der Waals surface area contributed by atoms with Gasteiger partial charge in [0, 0.05) is 18.9 Å². The molecule has 3 heteroatoms. The average Bonchev–Trinajstić information content (AvgIpc) is 2.67. The van der Waals surface area contributed by atoms with E-state index in [1.807, 2.05) is 41.1 Å². The Bertz CT molecular complexity index is 424. The number of rotatable bonds is 4. The minimum Gasteiger partial charge on any atom is -0.314 e. The Kier molecular flexibility index (Phi) is 3.15. The molecule has 2 aromatic rings. The standard InChI is InChI=1S/C12H15N3/c1-2-13-8-5-6-11-10-15-9-4-3-7-12(15)14-11/h3-7,9-10,13H,2,8H2,1H3. The van der Waals surface area contributed by atoms with Gasteiger partial charge in [0.2, 0.25) is 0 Å². The number of fused-ring (bicyclic) bond motifs is 1. The van der Waals surface area contributed by atoms with Crippen molar-refractivity contribution in [2.45, 2.75) is 6.92 Å². The summed E-state index contributed by atoms with van der Waals surface area (Å²) in [6.07, 6.45) is 8.16. The summed E-state index contributed by atoms with van der Waals surface area (Å²) in [7, 11) is 0. The maximum Gasteiger partial charge on any atom is 0.137 e. The molecule has 0 aliphatic rings. The number of nitrogens with zero attached hydrogens (tertiary/aromatic N) is 2. The summed E-state index contributed by atoms with van der Waals surface area (Å²) in [6, 6.07) is 6.00. The molecule has 0 aromatic carbocycles. The molecule has 0 bridgehead atoms. The molecule has 2 rings (SSSR count). The smallest absolute Gasteiger partial charge is 0.137 e. The second-order valence-electron chi connectivity index (χ2n) is 3.34. The molecule has 0 saturated heterocycles. The molecule has 0 saturated carbocycles. The minimum atomic E-state index is 0.893. The van der Waals surface area contributed by atoms with E-state index in [2.05, 4.69) is 23.3 Å². The third kappa shape index (κ3) is 2.44. The van der Waals surface area contributed by atoms with Gasteiger partial charge in [-0.25, -0.2) is 4.98 Å². The maximum absolute atomic E-state index is 4.46. The van der Waals surface area contributed by atoms with E-state index in [-0.39, 0.29) is 0 Å². The summed E-state index contributed by atoms with van der Waals surface area (Å²) in [5.74, 6) is 0. The van der Waals surface area contributed by atoms with E-state index < -0.39 is 0 Å². The molecule has 0 amide bonds. The zero-order chi connectivity index (χ0) is 10.5. The lowest BCUT2D eigenvalue weighted by molar-refractivity contribution is 0.801. The van der Waals surface area contributed by atoms with Gasteiger partial charge in [-0.2, -0.15) is 0 Å². The Morgan fingerprint density at radius 2 is 2.40 bits per heavy atom. The highest BCUT2D eigenvalue weighted by atomic mass is 15.0. The molecule has 15 heavy (non-hydrogen) atoms. The summed E-state index contributed by atoms with van der Waals surface area (Å²) in [6.45, 7) is 3.98. The van der Waals surface area contributed by atoms with Crippen molar-refractivity contribution in [3.05, 3.63) is 42.4 Å². The predicted octanol–water partition coefficient (Wildman–Crippen LogP) is 1.96. The van der Waals surface area contributed by atoms with E-state index in [1.165, 1.54) is 0 Å². The Balaban J connectivity index is 2.12. The molecular formula is C12H15N3. The van der Waals surface area contributed by atoms with E-state index in [1.54, 1.807) is 0 Å². The van der Waals surface area contributed by atoms with Crippen molar-refractivity contribution < 1.29 is 0 Å². The largest absolute Gasteiger partial charge is 0.314 e. The van der Waals surface area contributed by atoms with Gasteiger partial charge < -0.3 is 9.72 Å². The van der Waals surface area contributed by atoms with Crippen molar-refractivity contribution in [2.24, 2.45) is 0 Å². The summed E-state index contributed by atoms with van der Waals surface area (Å²) in [5, 5.41) is 3.23. The van der Waals surface area contributed by atoms with Crippen molar-refractivity contribution in [2.75, 3.05) is 13.1 Å². The number of nitrogens with one attached hydrogen (secondary N) is 1. The molecular weight excluding hydrogens is 186 g/mol. The van der Waals surface area contributed by atoms with Crippen LogP contribution < -0.4 is 5.32 Å². The highest BCUT2D eigenvalue weighted by Gasteiger charge is 1.95. The topological polar surface area (TPSA) is 29.3 Å². The molecule has 0 atom stereocenters. The molecule has 2 heterocycles. The first-order valence-corrected chi connectivity index (χ1v) is 5.21. The van der Waals surface area contributed by atoms with Crippen LogP contribution in [0.3, 0.4) is 0 Å². The molecule has 0 fully saturated rings. The van der Waals surface area contributed by atoms with E-state index >= 15 is 0 Å². The van der Waals surface area contributed by atoms with Crippen LogP contribution in [0.25, 0.3) is 11.7 Å². The lowest BCUT2D eigenvalue weighted by Gasteiger charge is -1.91. The number of hydrogen-bond acceptors (Lipinski definition) is 2. The normalized spacial score (nSPS) is 11.5. The van der Waals surface area contributed by atoms with Crippen LogP contribution in [0.5, 0.6) is 0 Å². The molecule has 3 nitrogen and oxygen atoms in total. The van der Waals surface area contributed by atoms with Gasteiger partial charge in [0.1, 0.15) is 5.65 Å². The highest BCUT2D eigenvalue weighted by molar-refractivity contribution is 5.51. The Hall–Kier alpha value is -1.61. The van der Waals surface area contributed by atoms with Crippen molar-refractivity contribution in [1.29, 1.82) is 0 Å². The third-order valence-electron chi connectivity index (χ3n) is 2.18. The number of imidazole rings is 1. The summed E-state index contributed by atoms with van der Waals surface area (Å²) in [4.78, 5) is 4.46. The van der Waals surface area contributed by atoms with E-state index in [9.17, 15) is 0 Å². The van der Waals surface area contributed by atoms with Gasteiger partial charge in [0.05, 0.1) is 5.69 Å². The fourth-order valence-electron chi connectivity index (χ4n) is 1.44. The van der Waals surface area contributed by atoms with Crippen molar-refractivity contribution in [3.63, 3.8) is 0 Å². The quantitative estimate of drug-likeness (QED) is 0.766. The van der Waals surface area contributed by atoms with Crippen molar-refractivity contribution >= 4 is 11.7 Å². The lowest BCUT2D eigenvalue weighted by Crippen LogP contribution is -2.11. The van der Waals surface area contributed by atoms with Gasteiger partial charge in [0.15, 0.2) is 0 Å². The Labute approximate surface area is 89.5 Å². The summed E-state index contributed by atoms with van der Waals surface area (Å²) < 4.78 is 2.02. The Morgan fingerprint density at radius 1 is 1.47 bits per heavy atom. The zero-order valence-corrected chi connectivity index (χ0v) is 8.85. The fraction of sp³-hybridized carbons (Fsp3) is 0.250. The molecule has 0 aliphatic heterocycles. The van der Waals surface area contributed by atoms with Crippen molar-refractivity contribution in [1.82, 2.24) is 14.7 Å². The average molecular weight is 201 g/mol. The van der Waals surface area contributed by atoms with Crippen LogP contribution in [0, 0.1) is 0 Å². The Morgan fingerprint density at radius 3 is 3.20 bits per heavy atom. The van der Waals surface area contributed by atoms with Crippen LogP contribution in [0.1, 0.15) is 12.6 Å². The van der Waals surface area contributed by atoms with Gasteiger partial charge >= 0.3 is 0 Å². The lowest BCUT2D eigenvalue weighted by atomic mass is 10.4. The summed E-state index contributed by atoms with van der Waals surface area (Å²) in [5.41, 5.74) is 1.99. The first-order valence-electron chi connectivity index (χ1n) is 5.21. The number of pyridine rings is 1. The third-order valence-corrected chi connectivity index (χ3v) is 2.18. The van der Waals surface area contributed by atoms with Gasteiger partial charge in [-0.15, -0.1) is 0 Å². The van der Waals surface area contributed by atoms with E-state index in [0.29, 0.717) is 0 Å². The summed E-state index contributed by atoms with van der Waals surface area (Å²) >= 11 is 0. The van der Waals surface area contributed by atoms with Crippen molar-refractivity contribution in [3.8, 4) is 0 Å². The number of aromatic nitrogens is 2.